The molecule has 144 valence electrons. The third-order valence-corrected chi connectivity index (χ3v) is 4.66. The highest BCUT2D eigenvalue weighted by Crippen LogP contribution is 2.15. The van der Waals surface area contributed by atoms with E-state index >= 15 is 0 Å². The van der Waals surface area contributed by atoms with Gasteiger partial charge in [-0.15, -0.1) is 0 Å². The Morgan fingerprint density at radius 3 is 2.48 bits per heavy atom. The van der Waals surface area contributed by atoms with Crippen LogP contribution >= 0.6 is 0 Å². The van der Waals surface area contributed by atoms with Crippen LogP contribution in [0.4, 0.5) is 0 Å². The first kappa shape index (κ1) is 20.8. The monoisotopic (exact) mass is 365 g/mol. The standard InChI is InChI=1S/C24H31NO2/c1-3-5-9-20(4-2)18-25-24(26)17-14-21-12-15-23(16-13-21)27-19-22-10-7-6-8-11-22/h6-8,10-17,20H,3-5,9,18-19H2,1-2H3,(H,25,26)/b17-14+. The third kappa shape index (κ3) is 8.12. The molecule has 3 nitrogen and oxygen atoms in total. The van der Waals surface area contributed by atoms with Gasteiger partial charge in [-0.1, -0.05) is 75.6 Å². The summed E-state index contributed by atoms with van der Waals surface area (Å²) in [5.41, 5.74) is 2.12. The lowest BCUT2D eigenvalue weighted by Crippen LogP contribution is -2.27. The van der Waals surface area contributed by atoms with Crippen molar-refractivity contribution in [1.82, 2.24) is 5.32 Å². The average molecular weight is 366 g/mol. The van der Waals surface area contributed by atoms with Crippen molar-refractivity contribution in [1.29, 1.82) is 0 Å². The number of unbranched alkanes of at least 4 members (excludes halogenated alkanes) is 1. The lowest BCUT2D eigenvalue weighted by molar-refractivity contribution is -0.116. The van der Waals surface area contributed by atoms with Gasteiger partial charge in [0.15, 0.2) is 0 Å². The number of ether oxygens (including phenoxy) is 1. The molecule has 1 amide bonds. The first-order valence-corrected chi connectivity index (χ1v) is 9.94. The van der Waals surface area contributed by atoms with Crippen LogP contribution in [0.5, 0.6) is 5.75 Å². The van der Waals surface area contributed by atoms with Crippen LogP contribution in [0.3, 0.4) is 0 Å². The summed E-state index contributed by atoms with van der Waals surface area (Å²) in [5, 5.41) is 3.01. The van der Waals surface area contributed by atoms with Crippen LogP contribution in [0.1, 0.15) is 50.7 Å². The Morgan fingerprint density at radius 2 is 1.81 bits per heavy atom. The summed E-state index contributed by atoms with van der Waals surface area (Å²) in [6, 6.07) is 17.9. The molecular formula is C24H31NO2. The summed E-state index contributed by atoms with van der Waals surface area (Å²) in [6.07, 6.45) is 8.16. The van der Waals surface area contributed by atoms with Crippen molar-refractivity contribution >= 4 is 12.0 Å². The molecule has 1 atom stereocenters. The zero-order valence-corrected chi connectivity index (χ0v) is 16.5. The molecular weight excluding hydrogens is 334 g/mol. The number of hydrogen-bond acceptors (Lipinski definition) is 2. The maximum absolute atomic E-state index is 12.0. The molecule has 1 N–H and O–H groups in total. The topological polar surface area (TPSA) is 38.3 Å². The highest BCUT2D eigenvalue weighted by Gasteiger charge is 2.06. The Balaban J connectivity index is 1.76. The molecule has 0 aliphatic heterocycles. The van der Waals surface area contributed by atoms with E-state index in [1.54, 1.807) is 6.08 Å². The van der Waals surface area contributed by atoms with Gasteiger partial charge >= 0.3 is 0 Å². The van der Waals surface area contributed by atoms with Gasteiger partial charge in [-0.3, -0.25) is 4.79 Å². The molecule has 2 rings (SSSR count). The highest BCUT2D eigenvalue weighted by atomic mass is 16.5. The van der Waals surface area contributed by atoms with E-state index in [0.717, 1.165) is 29.8 Å². The Hall–Kier alpha value is -2.55. The molecule has 27 heavy (non-hydrogen) atoms. The van der Waals surface area contributed by atoms with Crippen LogP contribution in [0.2, 0.25) is 0 Å². The fraction of sp³-hybridized carbons (Fsp3) is 0.375. The lowest BCUT2D eigenvalue weighted by Gasteiger charge is -2.14. The minimum absolute atomic E-state index is 0.0330. The van der Waals surface area contributed by atoms with Crippen molar-refractivity contribution < 1.29 is 9.53 Å². The van der Waals surface area contributed by atoms with E-state index in [4.69, 9.17) is 4.74 Å². The Bertz CT molecular complexity index is 692. The van der Waals surface area contributed by atoms with Crippen LogP contribution in [0, 0.1) is 5.92 Å². The Kier molecular flexibility index (Phi) is 9.19. The number of carbonyl (C=O) groups excluding carboxylic acids is 1. The van der Waals surface area contributed by atoms with Crippen LogP contribution in [0.15, 0.2) is 60.7 Å². The van der Waals surface area contributed by atoms with Crippen molar-refractivity contribution in [2.24, 2.45) is 5.92 Å². The average Bonchev–Trinajstić information content (AvgIpc) is 2.72. The largest absolute Gasteiger partial charge is 0.489 e. The Morgan fingerprint density at radius 1 is 1.07 bits per heavy atom. The molecule has 2 aromatic carbocycles. The van der Waals surface area contributed by atoms with E-state index in [9.17, 15) is 4.79 Å². The van der Waals surface area contributed by atoms with E-state index in [1.165, 1.54) is 19.3 Å². The van der Waals surface area contributed by atoms with Crippen LogP contribution < -0.4 is 10.1 Å². The van der Waals surface area contributed by atoms with Gasteiger partial charge in [0, 0.05) is 12.6 Å². The summed E-state index contributed by atoms with van der Waals surface area (Å²) in [6.45, 7) is 5.69. The van der Waals surface area contributed by atoms with Gasteiger partial charge in [0.05, 0.1) is 0 Å². The predicted octanol–water partition coefficient (Wildman–Crippen LogP) is 5.61. The van der Waals surface area contributed by atoms with Gasteiger partial charge in [-0.05, 0) is 41.7 Å². The van der Waals surface area contributed by atoms with Crippen molar-refractivity contribution in [2.75, 3.05) is 6.54 Å². The van der Waals surface area contributed by atoms with Gasteiger partial charge in [-0.25, -0.2) is 0 Å². The molecule has 0 radical (unpaired) electrons. The molecule has 0 saturated heterocycles. The molecule has 3 heteroatoms. The summed E-state index contributed by atoms with van der Waals surface area (Å²) in [7, 11) is 0. The Labute approximate surface area is 163 Å². The normalized spacial score (nSPS) is 12.1. The number of hydrogen-bond donors (Lipinski definition) is 1. The zero-order valence-electron chi connectivity index (χ0n) is 16.5. The van der Waals surface area contributed by atoms with Gasteiger partial charge < -0.3 is 10.1 Å². The minimum Gasteiger partial charge on any atom is -0.489 e. The molecule has 0 bridgehead atoms. The molecule has 0 heterocycles. The van der Waals surface area contributed by atoms with Crippen molar-refractivity contribution in [3.05, 3.63) is 71.8 Å². The molecule has 1 unspecified atom stereocenters. The van der Waals surface area contributed by atoms with E-state index in [0.29, 0.717) is 12.5 Å². The maximum Gasteiger partial charge on any atom is 0.244 e. The number of rotatable bonds is 11. The van der Waals surface area contributed by atoms with E-state index in [1.807, 2.05) is 60.7 Å². The summed E-state index contributed by atoms with van der Waals surface area (Å²) in [4.78, 5) is 12.0. The van der Waals surface area contributed by atoms with E-state index in [-0.39, 0.29) is 5.91 Å². The molecule has 0 aromatic heterocycles. The van der Waals surface area contributed by atoms with Gasteiger partial charge in [-0.2, -0.15) is 0 Å². The second-order valence-electron chi connectivity index (χ2n) is 6.84. The number of nitrogens with one attached hydrogen (secondary N) is 1. The van der Waals surface area contributed by atoms with Gasteiger partial charge in [0.1, 0.15) is 12.4 Å². The van der Waals surface area contributed by atoms with Crippen LogP contribution in [-0.4, -0.2) is 12.5 Å². The van der Waals surface area contributed by atoms with Gasteiger partial charge in [0.2, 0.25) is 5.91 Å². The van der Waals surface area contributed by atoms with Crippen molar-refractivity contribution in [3.63, 3.8) is 0 Å². The summed E-state index contributed by atoms with van der Waals surface area (Å²) < 4.78 is 5.78. The van der Waals surface area contributed by atoms with Crippen LogP contribution in [0.25, 0.3) is 6.08 Å². The highest BCUT2D eigenvalue weighted by molar-refractivity contribution is 5.91. The first-order valence-electron chi connectivity index (χ1n) is 9.94. The maximum atomic E-state index is 12.0. The summed E-state index contributed by atoms with van der Waals surface area (Å²) in [5.74, 6) is 1.36. The minimum atomic E-state index is -0.0330. The quantitative estimate of drug-likeness (QED) is 0.526. The SMILES string of the molecule is CCCCC(CC)CNC(=O)/C=C/c1ccc(OCc2ccccc2)cc1. The third-order valence-electron chi connectivity index (χ3n) is 4.66. The lowest BCUT2D eigenvalue weighted by atomic mass is 9.99. The molecule has 0 aliphatic carbocycles. The predicted molar refractivity (Wildman–Crippen MR) is 113 cm³/mol. The first-order chi connectivity index (χ1) is 13.2. The second-order valence-corrected chi connectivity index (χ2v) is 6.84. The number of benzene rings is 2. The van der Waals surface area contributed by atoms with Gasteiger partial charge in [0.25, 0.3) is 0 Å². The fourth-order valence-corrected chi connectivity index (χ4v) is 2.84. The number of amides is 1. The van der Waals surface area contributed by atoms with E-state index < -0.39 is 0 Å². The zero-order chi connectivity index (χ0) is 19.3. The molecule has 0 aliphatic rings. The van der Waals surface area contributed by atoms with Crippen molar-refractivity contribution in [2.45, 2.75) is 46.1 Å². The molecule has 0 spiro atoms. The second kappa shape index (κ2) is 11.9. The summed E-state index contributed by atoms with van der Waals surface area (Å²) >= 11 is 0. The molecule has 0 saturated carbocycles. The molecule has 0 fully saturated rings. The van der Waals surface area contributed by atoms with Crippen molar-refractivity contribution in [3.8, 4) is 5.75 Å². The number of carbonyl (C=O) groups is 1. The fourth-order valence-electron chi connectivity index (χ4n) is 2.84. The van der Waals surface area contributed by atoms with E-state index in [2.05, 4.69) is 19.2 Å². The van der Waals surface area contributed by atoms with Crippen LogP contribution in [-0.2, 0) is 11.4 Å². The smallest absolute Gasteiger partial charge is 0.244 e. The molecule has 2 aromatic rings.